The third-order valence-corrected chi connectivity index (χ3v) is 3.77. The maximum atomic E-state index is 11.9. The molecule has 22 heavy (non-hydrogen) atoms. The molecule has 2 rings (SSSR count). The van der Waals surface area contributed by atoms with Crippen LogP contribution in [-0.4, -0.2) is 11.1 Å². The molecule has 0 unspecified atom stereocenters. The summed E-state index contributed by atoms with van der Waals surface area (Å²) in [4.78, 5) is 11.9. The van der Waals surface area contributed by atoms with Crippen molar-refractivity contribution in [2.24, 2.45) is 5.92 Å². The van der Waals surface area contributed by atoms with Gasteiger partial charge in [-0.3, -0.25) is 4.79 Å². The van der Waals surface area contributed by atoms with Gasteiger partial charge < -0.3 is 9.84 Å². The molecule has 0 saturated carbocycles. The fourth-order valence-electron chi connectivity index (χ4n) is 2.04. The van der Waals surface area contributed by atoms with E-state index in [2.05, 4.69) is 24.3 Å². The number of benzene rings is 1. The molecule has 0 saturated heterocycles. The highest BCUT2D eigenvalue weighted by Gasteiger charge is 2.09. The van der Waals surface area contributed by atoms with E-state index in [4.69, 9.17) is 27.7 Å². The average molecular weight is 341 g/mol. The second-order valence-electron chi connectivity index (χ2n) is 5.58. The number of amides is 1. The molecule has 1 N–H and O–H groups in total. The third-order valence-electron chi connectivity index (χ3n) is 3.03. The second-order valence-corrected chi connectivity index (χ2v) is 6.40. The Bertz CT molecular complexity index is 653. The zero-order chi connectivity index (χ0) is 16.1. The predicted octanol–water partition coefficient (Wildman–Crippen LogP) is 4.04. The lowest BCUT2D eigenvalue weighted by atomic mass is 10.1. The standard InChI is InChI=1S/C16H18Cl2N2O2/c1-10(2)5-12-8-13(22-20-12)9-19-16(21)7-11-3-4-14(17)15(18)6-11/h3-4,6,8,10H,5,7,9H2,1-2H3,(H,19,21). The van der Waals surface area contributed by atoms with Crippen LogP contribution in [0.1, 0.15) is 30.9 Å². The molecule has 0 fully saturated rings. The fraction of sp³-hybridized carbons (Fsp3) is 0.375. The first-order valence-corrected chi connectivity index (χ1v) is 7.84. The molecule has 1 aromatic heterocycles. The molecule has 0 aliphatic rings. The van der Waals surface area contributed by atoms with Gasteiger partial charge in [0.2, 0.25) is 5.91 Å². The van der Waals surface area contributed by atoms with E-state index in [-0.39, 0.29) is 12.3 Å². The van der Waals surface area contributed by atoms with Crippen LogP contribution in [0, 0.1) is 5.92 Å². The van der Waals surface area contributed by atoms with Crippen molar-refractivity contribution < 1.29 is 9.32 Å². The van der Waals surface area contributed by atoms with Gasteiger partial charge in [-0.25, -0.2) is 0 Å². The minimum atomic E-state index is -0.111. The maximum Gasteiger partial charge on any atom is 0.224 e. The molecule has 0 spiro atoms. The van der Waals surface area contributed by atoms with Crippen molar-refractivity contribution in [1.82, 2.24) is 10.5 Å². The minimum absolute atomic E-state index is 0.111. The van der Waals surface area contributed by atoms with E-state index < -0.39 is 0 Å². The van der Waals surface area contributed by atoms with Crippen LogP contribution in [0.5, 0.6) is 0 Å². The van der Waals surface area contributed by atoms with E-state index in [0.717, 1.165) is 17.7 Å². The molecule has 1 aromatic carbocycles. The van der Waals surface area contributed by atoms with Gasteiger partial charge in [0.25, 0.3) is 0 Å². The van der Waals surface area contributed by atoms with E-state index in [1.54, 1.807) is 18.2 Å². The number of halogens is 2. The zero-order valence-electron chi connectivity index (χ0n) is 12.5. The molecular weight excluding hydrogens is 323 g/mol. The van der Waals surface area contributed by atoms with Crippen LogP contribution in [0.25, 0.3) is 0 Å². The number of carbonyl (C=O) groups is 1. The molecular formula is C16H18Cl2N2O2. The molecule has 4 nitrogen and oxygen atoms in total. The summed E-state index contributed by atoms with van der Waals surface area (Å²) < 4.78 is 5.20. The minimum Gasteiger partial charge on any atom is -0.359 e. The van der Waals surface area contributed by atoms with Crippen LogP contribution in [0.15, 0.2) is 28.8 Å². The van der Waals surface area contributed by atoms with Crippen molar-refractivity contribution in [3.63, 3.8) is 0 Å². The summed E-state index contributed by atoms with van der Waals surface area (Å²) in [5, 5.41) is 7.70. The SMILES string of the molecule is CC(C)Cc1cc(CNC(=O)Cc2ccc(Cl)c(Cl)c2)on1. The lowest BCUT2D eigenvalue weighted by Crippen LogP contribution is -2.24. The first-order chi connectivity index (χ1) is 10.4. The Morgan fingerprint density at radius 3 is 2.73 bits per heavy atom. The lowest BCUT2D eigenvalue weighted by Gasteiger charge is -2.04. The number of rotatable bonds is 6. The topological polar surface area (TPSA) is 55.1 Å². The third kappa shape index (κ3) is 5.04. The number of aromatic nitrogens is 1. The maximum absolute atomic E-state index is 11.9. The molecule has 0 aliphatic carbocycles. The van der Waals surface area contributed by atoms with Crippen LogP contribution >= 0.6 is 23.2 Å². The van der Waals surface area contributed by atoms with E-state index in [1.165, 1.54) is 0 Å². The highest BCUT2D eigenvalue weighted by Crippen LogP contribution is 2.22. The average Bonchev–Trinajstić information content (AvgIpc) is 2.87. The van der Waals surface area contributed by atoms with Gasteiger partial charge in [0.15, 0.2) is 5.76 Å². The van der Waals surface area contributed by atoms with Crippen LogP contribution in [-0.2, 0) is 24.2 Å². The van der Waals surface area contributed by atoms with Crippen molar-refractivity contribution in [2.75, 3.05) is 0 Å². The van der Waals surface area contributed by atoms with Crippen molar-refractivity contribution in [2.45, 2.75) is 33.2 Å². The monoisotopic (exact) mass is 340 g/mol. The summed E-state index contributed by atoms with van der Waals surface area (Å²) >= 11 is 11.8. The van der Waals surface area contributed by atoms with Crippen molar-refractivity contribution >= 4 is 29.1 Å². The first-order valence-electron chi connectivity index (χ1n) is 7.09. The summed E-state index contributed by atoms with van der Waals surface area (Å²) in [5.74, 6) is 1.06. The van der Waals surface area contributed by atoms with Gasteiger partial charge in [-0.15, -0.1) is 0 Å². The Hall–Kier alpha value is -1.52. The molecule has 118 valence electrons. The Balaban J connectivity index is 1.84. The summed E-state index contributed by atoms with van der Waals surface area (Å²) in [6.07, 6.45) is 1.10. The highest BCUT2D eigenvalue weighted by molar-refractivity contribution is 6.42. The summed E-state index contributed by atoms with van der Waals surface area (Å²) in [6.45, 7) is 4.56. The van der Waals surface area contributed by atoms with Gasteiger partial charge in [-0.2, -0.15) is 0 Å². The molecule has 0 aliphatic heterocycles. The number of hydrogen-bond acceptors (Lipinski definition) is 3. The van der Waals surface area contributed by atoms with Crippen LogP contribution in [0.4, 0.5) is 0 Å². The van der Waals surface area contributed by atoms with Gasteiger partial charge in [0.05, 0.1) is 28.7 Å². The van der Waals surface area contributed by atoms with E-state index in [9.17, 15) is 4.79 Å². The first kappa shape index (κ1) is 16.8. The van der Waals surface area contributed by atoms with Gasteiger partial charge in [0, 0.05) is 6.07 Å². The van der Waals surface area contributed by atoms with Crippen LogP contribution in [0.3, 0.4) is 0 Å². The second kappa shape index (κ2) is 7.65. The van der Waals surface area contributed by atoms with Gasteiger partial charge in [0.1, 0.15) is 0 Å². The van der Waals surface area contributed by atoms with E-state index in [0.29, 0.717) is 28.3 Å². The normalized spacial score (nSPS) is 11.0. The number of hydrogen-bond donors (Lipinski definition) is 1. The van der Waals surface area contributed by atoms with Gasteiger partial charge in [-0.05, 0) is 30.0 Å². The molecule has 2 aromatic rings. The molecule has 0 radical (unpaired) electrons. The van der Waals surface area contributed by atoms with Crippen molar-refractivity contribution in [3.8, 4) is 0 Å². The predicted molar refractivity (Wildman–Crippen MR) is 87.1 cm³/mol. The van der Waals surface area contributed by atoms with Crippen LogP contribution < -0.4 is 5.32 Å². The Kier molecular flexibility index (Phi) is 5.86. The number of nitrogens with one attached hydrogen (secondary N) is 1. The van der Waals surface area contributed by atoms with Crippen LogP contribution in [0.2, 0.25) is 10.0 Å². The van der Waals surface area contributed by atoms with E-state index >= 15 is 0 Å². The number of carbonyl (C=O) groups excluding carboxylic acids is 1. The Morgan fingerprint density at radius 1 is 1.27 bits per heavy atom. The lowest BCUT2D eigenvalue weighted by molar-refractivity contribution is -0.120. The largest absolute Gasteiger partial charge is 0.359 e. The Labute approximate surface area is 139 Å². The van der Waals surface area contributed by atoms with Crippen molar-refractivity contribution in [1.29, 1.82) is 0 Å². The van der Waals surface area contributed by atoms with Gasteiger partial charge in [-0.1, -0.05) is 48.3 Å². The molecule has 1 heterocycles. The molecule has 6 heteroatoms. The molecule has 0 bridgehead atoms. The Morgan fingerprint density at radius 2 is 2.05 bits per heavy atom. The molecule has 0 atom stereocenters. The smallest absolute Gasteiger partial charge is 0.224 e. The number of nitrogens with zero attached hydrogens (tertiary/aromatic N) is 1. The summed E-state index contributed by atoms with van der Waals surface area (Å²) in [5.41, 5.74) is 1.72. The summed E-state index contributed by atoms with van der Waals surface area (Å²) in [7, 11) is 0. The van der Waals surface area contributed by atoms with Crippen molar-refractivity contribution in [3.05, 3.63) is 51.3 Å². The van der Waals surface area contributed by atoms with E-state index in [1.807, 2.05) is 6.07 Å². The fourth-order valence-corrected chi connectivity index (χ4v) is 2.36. The molecule has 1 amide bonds. The zero-order valence-corrected chi connectivity index (χ0v) is 14.0. The quantitative estimate of drug-likeness (QED) is 0.863. The van der Waals surface area contributed by atoms with Gasteiger partial charge >= 0.3 is 0 Å². The highest BCUT2D eigenvalue weighted by atomic mass is 35.5. The summed E-state index contributed by atoms with van der Waals surface area (Å²) in [6, 6.07) is 7.03.